The molecule has 2 rings (SSSR count). The maximum absolute atomic E-state index is 11.9. The summed E-state index contributed by atoms with van der Waals surface area (Å²) in [6.07, 6.45) is 1.73. The first kappa shape index (κ1) is 12.1. The van der Waals surface area contributed by atoms with E-state index in [1.807, 2.05) is 24.3 Å². The van der Waals surface area contributed by atoms with E-state index < -0.39 is 0 Å². The van der Waals surface area contributed by atoms with Crippen LogP contribution < -0.4 is 5.56 Å². The summed E-state index contributed by atoms with van der Waals surface area (Å²) in [5.41, 5.74) is 1.33. The molecule has 0 radical (unpaired) electrons. The van der Waals surface area contributed by atoms with Crippen molar-refractivity contribution >= 4 is 15.9 Å². The number of hydrogen-bond acceptors (Lipinski definition) is 2. The smallest absolute Gasteiger partial charge is 0.256 e. The summed E-state index contributed by atoms with van der Waals surface area (Å²) in [5.74, 6) is 0. The summed E-state index contributed by atoms with van der Waals surface area (Å²) in [6, 6.07) is 11.2. The lowest BCUT2D eigenvalue weighted by Crippen LogP contribution is -2.23. The van der Waals surface area contributed by atoms with Crippen LogP contribution in [0.1, 0.15) is 11.1 Å². The molecule has 3 nitrogen and oxygen atoms in total. The van der Waals surface area contributed by atoms with Gasteiger partial charge in [0.1, 0.15) is 0 Å². The second-order valence-electron chi connectivity index (χ2n) is 3.75. The maximum Gasteiger partial charge on any atom is 0.256 e. The predicted octanol–water partition coefficient (Wildman–Crippen LogP) is 2.15. The van der Waals surface area contributed by atoms with Gasteiger partial charge in [0.15, 0.2) is 0 Å². The molecule has 1 aromatic carbocycles. The fraction of sp³-hybridized carbons (Fsp3) is 0.154. The zero-order chi connectivity index (χ0) is 12.3. The van der Waals surface area contributed by atoms with Crippen molar-refractivity contribution in [2.45, 2.75) is 13.2 Å². The van der Waals surface area contributed by atoms with Crippen LogP contribution in [0.4, 0.5) is 0 Å². The Kier molecular flexibility index (Phi) is 3.76. The Morgan fingerprint density at radius 1 is 1.18 bits per heavy atom. The van der Waals surface area contributed by atoms with Crippen LogP contribution in [-0.4, -0.2) is 9.67 Å². The largest absolute Gasteiger partial charge is 0.391 e. The number of aliphatic hydroxyl groups is 1. The molecular formula is C13H12BrNO2. The maximum atomic E-state index is 11.9. The number of aliphatic hydroxyl groups excluding tert-OH is 1. The van der Waals surface area contributed by atoms with Crippen molar-refractivity contribution in [1.29, 1.82) is 0 Å². The number of benzene rings is 1. The third-order valence-electron chi connectivity index (χ3n) is 2.54. The number of pyridine rings is 1. The standard InChI is InChI=1S/C13H12BrNO2/c14-12-5-3-10(4-6-12)8-15-7-1-2-11(9-16)13(15)17/h1-7,16H,8-9H2. The highest BCUT2D eigenvalue weighted by Crippen LogP contribution is 2.11. The van der Waals surface area contributed by atoms with Crippen LogP contribution >= 0.6 is 15.9 Å². The van der Waals surface area contributed by atoms with Crippen LogP contribution in [0.25, 0.3) is 0 Å². The van der Waals surface area contributed by atoms with Gasteiger partial charge in [0, 0.05) is 16.2 Å². The van der Waals surface area contributed by atoms with Crippen LogP contribution in [0.5, 0.6) is 0 Å². The van der Waals surface area contributed by atoms with Crippen molar-refractivity contribution in [1.82, 2.24) is 4.57 Å². The molecule has 0 fully saturated rings. The lowest BCUT2D eigenvalue weighted by Gasteiger charge is -2.07. The average molecular weight is 294 g/mol. The van der Waals surface area contributed by atoms with Gasteiger partial charge in [-0.25, -0.2) is 0 Å². The Bertz CT molecular complexity index is 560. The predicted molar refractivity (Wildman–Crippen MR) is 69.9 cm³/mol. The van der Waals surface area contributed by atoms with Crippen molar-refractivity contribution < 1.29 is 5.11 Å². The summed E-state index contributed by atoms with van der Waals surface area (Å²) in [4.78, 5) is 11.9. The van der Waals surface area contributed by atoms with Gasteiger partial charge in [-0.1, -0.05) is 28.1 Å². The average Bonchev–Trinajstić information content (AvgIpc) is 2.35. The summed E-state index contributed by atoms with van der Waals surface area (Å²) in [5, 5.41) is 9.03. The fourth-order valence-electron chi connectivity index (χ4n) is 1.62. The normalized spacial score (nSPS) is 10.5. The zero-order valence-electron chi connectivity index (χ0n) is 9.14. The lowest BCUT2D eigenvalue weighted by atomic mass is 10.2. The van der Waals surface area contributed by atoms with Gasteiger partial charge in [-0.15, -0.1) is 0 Å². The Morgan fingerprint density at radius 3 is 2.53 bits per heavy atom. The van der Waals surface area contributed by atoms with Crippen molar-refractivity contribution in [3.05, 3.63) is 68.5 Å². The van der Waals surface area contributed by atoms with E-state index in [0.29, 0.717) is 12.1 Å². The molecule has 1 heterocycles. The van der Waals surface area contributed by atoms with Crippen molar-refractivity contribution in [3.63, 3.8) is 0 Å². The van der Waals surface area contributed by atoms with Gasteiger partial charge < -0.3 is 9.67 Å². The molecule has 1 aromatic heterocycles. The van der Waals surface area contributed by atoms with Gasteiger partial charge in [0.05, 0.1) is 13.2 Å². The van der Waals surface area contributed by atoms with Gasteiger partial charge in [0.25, 0.3) is 5.56 Å². The minimum atomic E-state index is -0.222. The molecule has 0 spiro atoms. The summed E-state index contributed by atoms with van der Waals surface area (Å²) in [6.45, 7) is 0.292. The van der Waals surface area contributed by atoms with Gasteiger partial charge in [-0.05, 0) is 29.8 Å². The molecule has 0 unspecified atom stereocenters. The second kappa shape index (κ2) is 5.29. The molecule has 0 saturated carbocycles. The van der Waals surface area contributed by atoms with Crippen molar-refractivity contribution in [2.24, 2.45) is 0 Å². The minimum Gasteiger partial charge on any atom is -0.391 e. The van der Waals surface area contributed by atoms with E-state index in [4.69, 9.17) is 5.11 Å². The van der Waals surface area contributed by atoms with Crippen LogP contribution in [0, 0.1) is 0 Å². The number of halogens is 1. The van der Waals surface area contributed by atoms with Crippen LogP contribution in [0.3, 0.4) is 0 Å². The molecule has 0 saturated heterocycles. The molecule has 2 aromatic rings. The summed E-state index contributed by atoms with van der Waals surface area (Å²) < 4.78 is 2.60. The molecule has 4 heteroatoms. The van der Waals surface area contributed by atoms with E-state index in [0.717, 1.165) is 10.0 Å². The number of hydrogen-bond donors (Lipinski definition) is 1. The highest BCUT2D eigenvalue weighted by atomic mass is 79.9. The van der Waals surface area contributed by atoms with E-state index in [9.17, 15) is 4.79 Å². The third-order valence-corrected chi connectivity index (χ3v) is 3.06. The quantitative estimate of drug-likeness (QED) is 0.942. The van der Waals surface area contributed by atoms with Gasteiger partial charge in [0.2, 0.25) is 0 Å². The number of rotatable bonds is 3. The first-order valence-electron chi connectivity index (χ1n) is 5.24. The molecule has 88 valence electrons. The molecule has 0 aliphatic carbocycles. The van der Waals surface area contributed by atoms with Gasteiger partial charge in [-0.2, -0.15) is 0 Å². The topological polar surface area (TPSA) is 42.2 Å². The Balaban J connectivity index is 2.30. The fourth-order valence-corrected chi connectivity index (χ4v) is 1.88. The molecular weight excluding hydrogens is 282 g/mol. The molecule has 0 aliphatic rings. The summed E-state index contributed by atoms with van der Waals surface area (Å²) in [7, 11) is 0. The number of aromatic nitrogens is 1. The van der Waals surface area contributed by atoms with Crippen LogP contribution in [0.2, 0.25) is 0 Å². The minimum absolute atomic E-state index is 0.141. The third kappa shape index (κ3) is 2.84. The van der Waals surface area contributed by atoms with E-state index >= 15 is 0 Å². The SMILES string of the molecule is O=c1c(CO)cccn1Cc1ccc(Br)cc1. The molecule has 0 bridgehead atoms. The molecule has 17 heavy (non-hydrogen) atoms. The second-order valence-corrected chi connectivity index (χ2v) is 4.67. The van der Waals surface area contributed by atoms with E-state index in [1.165, 1.54) is 0 Å². The highest BCUT2D eigenvalue weighted by molar-refractivity contribution is 9.10. The molecule has 1 N–H and O–H groups in total. The Labute approximate surface area is 107 Å². The van der Waals surface area contributed by atoms with Gasteiger partial charge in [-0.3, -0.25) is 4.79 Å². The van der Waals surface area contributed by atoms with Crippen molar-refractivity contribution in [3.8, 4) is 0 Å². The monoisotopic (exact) mass is 293 g/mol. The molecule has 0 amide bonds. The zero-order valence-corrected chi connectivity index (χ0v) is 10.7. The first-order valence-corrected chi connectivity index (χ1v) is 6.03. The molecule has 0 atom stereocenters. The first-order chi connectivity index (χ1) is 8.20. The van der Waals surface area contributed by atoms with Crippen LogP contribution in [0.15, 0.2) is 51.9 Å². The van der Waals surface area contributed by atoms with E-state index in [-0.39, 0.29) is 12.2 Å². The van der Waals surface area contributed by atoms with Gasteiger partial charge >= 0.3 is 0 Å². The summed E-state index contributed by atoms with van der Waals surface area (Å²) >= 11 is 3.37. The Morgan fingerprint density at radius 2 is 1.88 bits per heavy atom. The number of nitrogens with zero attached hydrogens (tertiary/aromatic N) is 1. The highest BCUT2D eigenvalue weighted by Gasteiger charge is 2.02. The van der Waals surface area contributed by atoms with E-state index in [2.05, 4.69) is 15.9 Å². The van der Waals surface area contributed by atoms with E-state index in [1.54, 1.807) is 22.9 Å². The Hall–Kier alpha value is -1.39. The lowest BCUT2D eigenvalue weighted by molar-refractivity contribution is 0.279. The van der Waals surface area contributed by atoms with Crippen molar-refractivity contribution in [2.75, 3.05) is 0 Å². The molecule has 0 aliphatic heterocycles. The van der Waals surface area contributed by atoms with Crippen LogP contribution in [-0.2, 0) is 13.2 Å².